The van der Waals surface area contributed by atoms with Gasteiger partial charge in [0, 0.05) is 26.8 Å². The van der Waals surface area contributed by atoms with Crippen molar-refractivity contribution in [2.75, 3.05) is 33.4 Å². The Morgan fingerprint density at radius 2 is 2.04 bits per heavy atom. The lowest BCUT2D eigenvalue weighted by molar-refractivity contribution is -0.160. The monoisotopic (exact) mass is 371 g/mol. The minimum Gasteiger partial charge on any atom is -0.466 e. The highest BCUT2D eigenvalue weighted by molar-refractivity contribution is 5.77. The standard InChI is InChI=1S/C19H27F2NO4/c1-3-25-17(23)19(10-12-24-2)9-4-11-22(14-19)13-15-5-7-16(8-6-15)26-18(20)21/h5-8,18H,3-4,9-14H2,1-2H3/t19-/m0/s1. The maximum absolute atomic E-state index is 12.6. The van der Waals surface area contributed by atoms with Gasteiger partial charge in [-0.2, -0.15) is 8.78 Å². The van der Waals surface area contributed by atoms with Crippen LogP contribution in [0, 0.1) is 5.41 Å². The van der Waals surface area contributed by atoms with Gasteiger partial charge in [-0.25, -0.2) is 0 Å². The SMILES string of the molecule is CCOC(=O)[C@]1(CCOC)CCCN(Cc2ccc(OC(F)F)cc2)C1. The Morgan fingerprint density at radius 1 is 1.31 bits per heavy atom. The second-order valence-corrected chi connectivity index (χ2v) is 6.58. The van der Waals surface area contributed by atoms with E-state index in [-0.39, 0.29) is 11.7 Å². The molecule has 5 nitrogen and oxygen atoms in total. The van der Waals surface area contributed by atoms with Crippen LogP contribution in [0.4, 0.5) is 8.78 Å². The number of esters is 1. The van der Waals surface area contributed by atoms with Crippen molar-refractivity contribution in [2.45, 2.75) is 39.3 Å². The van der Waals surface area contributed by atoms with Crippen molar-refractivity contribution < 1.29 is 27.8 Å². The number of nitrogens with zero attached hydrogens (tertiary/aromatic N) is 1. The molecular formula is C19H27F2NO4. The average molecular weight is 371 g/mol. The van der Waals surface area contributed by atoms with Crippen molar-refractivity contribution in [3.05, 3.63) is 29.8 Å². The number of methoxy groups -OCH3 is 1. The summed E-state index contributed by atoms with van der Waals surface area (Å²) in [4.78, 5) is 14.8. The number of benzene rings is 1. The molecule has 0 spiro atoms. The lowest BCUT2D eigenvalue weighted by Gasteiger charge is -2.41. The number of piperidine rings is 1. The second-order valence-electron chi connectivity index (χ2n) is 6.58. The van der Waals surface area contributed by atoms with Crippen LogP contribution >= 0.6 is 0 Å². The Bertz CT molecular complexity index is 567. The minimum absolute atomic E-state index is 0.142. The lowest BCUT2D eigenvalue weighted by atomic mass is 9.77. The van der Waals surface area contributed by atoms with Gasteiger partial charge in [-0.3, -0.25) is 9.69 Å². The molecule has 1 saturated heterocycles. The quantitative estimate of drug-likeness (QED) is 0.622. The number of carbonyl (C=O) groups is 1. The number of ether oxygens (including phenoxy) is 3. The highest BCUT2D eigenvalue weighted by Crippen LogP contribution is 2.35. The molecule has 1 atom stereocenters. The molecule has 1 aliphatic rings. The molecule has 0 saturated carbocycles. The van der Waals surface area contributed by atoms with E-state index in [1.807, 2.05) is 6.92 Å². The Kier molecular flexibility index (Phi) is 7.78. The van der Waals surface area contributed by atoms with Crippen LogP contribution in [0.15, 0.2) is 24.3 Å². The summed E-state index contributed by atoms with van der Waals surface area (Å²) in [6.45, 7) is 1.97. The summed E-state index contributed by atoms with van der Waals surface area (Å²) in [5.41, 5.74) is 0.432. The Balaban J connectivity index is 2.03. The van der Waals surface area contributed by atoms with E-state index < -0.39 is 12.0 Å². The van der Waals surface area contributed by atoms with Gasteiger partial charge >= 0.3 is 12.6 Å². The van der Waals surface area contributed by atoms with Gasteiger partial charge in [0.15, 0.2) is 0 Å². The first-order chi connectivity index (χ1) is 12.5. The highest BCUT2D eigenvalue weighted by atomic mass is 19.3. The van der Waals surface area contributed by atoms with E-state index in [1.165, 1.54) is 12.1 Å². The van der Waals surface area contributed by atoms with Crippen molar-refractivity contribution in [1.82, 2.24) is 4.90 Å². The number of halogens is 2. The summed E-state index contributed by atoms with van der Waals surface area (Å²) in [6.07, 6.45) is 2.31. The van der Waals surface area contributed by atoms with E-state index in [0.29, 0.717) is 32.7 Å². The van der Waals surface area contributed by atoms with Crippen LogP contribution < -0.4 is 4.74 Å². The molecular weight excluding hydrogens is 344 g/mol. The maximum Gasteiger partial charge on any atom is 0.387 e. The molecule has 1 aromatic carbocycles. The topological polar surface area (TPSA) is 48.0 Å². The van der Waals surface area contributed by atoms with Gasteiger partial charge < -0.3 is 14.2 Å². The van der Waals surface area contributed by atoms with Gasteiger partial charge in [-0.05, 0) is 50.4 Å². The zero-order valence-corrected chi connectivity index (χ0v) is 15.4. The third-order valence-electron chi connectivity index (χ3n) is 4.70. The molecule has 0 aliphatic carbocycles. The molecule has 1 aromatic rings. The largest absolute Gasteiger partial charge is 0.466 e. The Hall–Kier alpha value is -1.73. The van der Waals surface area contributed by atoms with Gasteiger partial charge in [0.25, 0.3) is 0 Å². The van der Waals surface area contributed by atoms with Crippen LogP contribution in [0.25, 0.3) is 0 Å². The lowest BCUT2D eigenvalue weighted by Crippen LogP contribution is -2.48. The Morgan fingerprint density at radius 3 is 2.65 bits per heavy atom. The molecule has 26 heavy (non-hydrogen) atoms. The summed E-state index contributed by atoms with van der Waals surface area (Å²) in [5, 5.41) is 0. The van der Waals surface area contributed by atoms with Crippen molar-refractivity contribution >= 4 is 5.97 Å². The number of likely N-dealkylation sites (tertiary alicyclic amines) is 1. The van der Waals surface area contributed by atoms with E-state index in [2.05, 4.69) is 9.64 Å². The van der Waals surface area contributed by atoms with E-state index in [9.17, 15) is 13.6 Å². The molecule has 0 N–H and O–H groups in total. The number of hydrogen-bond acceptors (Lipinski definition) is 5. The molecule has 1 heterocycles. The first kappa shape index (κ1) is 20.6. The fraction of sp³-hybridized carbons (Fsp3) is 0.632. The van der Waals surface area contributed by atoms with E-state index in [4.69, 9.17) is 9.47 Å². The maximum atomic E-state index is 12.6. The first-order valence-electron chi connectivity index (χ1n) is 8.91. The molecule has 0 radical (unpaired) electrons. The molecule has 0 bridgehead atoms. The Labute approximate surface area is 153 Å². The zero-order chi connectivity index (χ0) is 19.0. The summed E-state index contributed by atoms with van der Waals surface area (Å²) in [7, 11) is 1.63. The summed E-state index contributed by atoms with van der Waals surface area (Å²) in [5.74, 6) is -0.0224. The van der Waals surface area contributed by atoms with Crippen LogP contribution in [0.5, 0.6) is 5.75 Å². The number of rotatable bonds is 9. The molecule has 7 heteroatoms. The van der Waals surface area contributed by atoms with E-state index in [0.717, 1.165) is 24.9 Å². The third kappa shape index (κ3) is 5.64. The van der Waals surface area contributed by atoms with Crippen molar-refractivity contribution in [2.24, 2.45) is 5.41 Å². The fourth-order valence-corrected chi connectivity index (χ4v) is 3.45. The normalized spacial score (nSPS) is 21.0. The summed E-state index contributed by atoms with van der Waals surface area (Å²) < 4.78 is 39.4. The molecule has 2 rings (SSSR count). The smallest absolute Gasteiger partial charge is 0.387 e. The highest BCUT2D eigenvalue weighted by Gasteiger charge is 2.43. The van der Waals surface area contributed by atoms with Crippen LogP contribution in [0.2, 0.25) is 0 Å². The van der Waals surface area contributed by atoms with Gasteiger partial charge in [-0.1, -0.05) is 12.1 Å². The van der Waals surface area contributed by atoms with Crippen LogP contribution in [0.1, 0.15) is 31.7 Å². The zero-order valence-electron chi connectivity index (χ0n) is 15.4. The molecule has 1 aliphatic heterocycles. The first-order valence-corrected chi connectivity index (χ1v) is 8.91. The van der Waals surface area contributed by atoms with E-state index >= 15 is 0 Å². The summed E-state index contributed by atoms with van der Waals surface area (Å²) in [6, 6.07) is 6.62. The van der Waals surface area contributed by atoms with Crippen LogP contribution in [-0.4, -0.2) is 50.9 Å². The third-order valence-corrected chi connectivity index (χ3v) is 4.70. The van der Waals surface area contributed by atoms with Gasteiger partial charge in [0.05, 0.1) is 12.0 Å². The van der Waals surface area contributed by atoms with Crippen molar-refractivity contribution in [3.63, 3.8) is 0 Å². The van der Waals surface area contributed by atoms with Crippen LogP contribution in [0.3, 0.4) is 0 Å². The number of hydrogen-bond donors (Lipinski definition) is 0. The van der Waals surface area contributed by atoms with Gasteiger partial charge in [-0.15, -0.1) is 0 Å². The average Bonchev–Trinajstić information content (AvgIpc) is 2.62. The minimum atomic E-state index is -2.83. The van der Waals surface area contributed by atoms with Crippen molar-refractivity contribution in [1.29, 1.82) is 0 Å². The van der Waals surface area contributed by atoms with Crippen molar-refractivity contribution in [3.8, 4) is 5.75 Å². The number of carbonyl (C=O) groups excluding carboxylic acids is 1. The second kappa shape index (κ2) is 9.83. The van der Waals surface area contributed by atoms with Gasteiger partial charge in [0.1, 0.15) is 5.75 Å². The van der Waals surface area contributed by atoms with E-state index in [1.54, 1.807) is 19.2 Å². The predicted octanol–water partition coefficient (Wildman–Crippen LogP) is 3.47. The fourth-order valence-electron chi connectivity index (χ4n) is 3.45. The predicted molar refractivity (Wildman–Crippen MR) is 93.1 cm³/mol. The summed E-state index contributed by atoms with van der Waals surface area (Å²) >= 11 is 0. The number of alkyl halides is 2. The van der Waals surface area contributed by atoms with Gasteiger partial charge in [0.2, 0.25) is 0 Å². The molecule has 0 amide bonds. The molecule has 146 valence electrons. The molecule has 1 fully saturated rings. The van der Waals surface area contributed by atoms with Crippen LogP contribution in [-0.2, 0) is 20.8 Å². The molecule has 0 unspecified atom stereocenters. The molecule has 0 aromatic heterocycles.